The Labute approximate surface area is 87.8 Å². The molecular formula is C9H15NO3S. The molecule has 0 aromatic heterocycles. The van der Waals surface area contributed by atoms with Gasteiger partial charge in [-0.2, -0.15) is 0 Å². The molecule has 1 fully saturated rings. The minimum absolute atomic E-state index is 0.168. The zero-order chi connectivity index (χ0) is 11.0. The summed E-state index contributed by atoms with van der Waals surface area (Å²) in [4.78, 5) is 22.7. The second-order valence-corrected chi connectivity index (χ2v) is 5.48. The molecule has 1 N–H and O–H groups in total. The van der Waals surface area contributed by atoms with Crippen molar-refractivity contribution in [3.8, 4) is 0 Å². The minimum atomic E-state index is -0.866. The van der Waals surface area contributed by atoms with Gasteiger partial charge >= 0.3 is 5.97 Å². The number of amides is 1. The third kappa shape index (κ3) is 2.64. The number of thioether (sulfide) groups is 1. The molecule has 0 aliphatic carbocycles. The van der Waals surface area contributed by atoms with Crippen molar-refractivity contribution < 1.29 is 14.3 Å². The van der Waals surface area contributed by atoms with E-state index in [1.54, 1.807) is 27.7 Å². The molecule has 0 unspecified atom stereocenters. The summed E-state index contributed by atoms with van der Waals surface area (Å²) in [6.45, 7) is 7.09. The quantitative estimate of drug-likeness (QED) is 0.677. The second kappa shape index (κ2) is 3.46. The molecule has 0 aromatic rings. The van der Waals surface area contributed by atoms with Crippen LogP contribution in [0.4, 0.5) is 4.79 Å². The van der Waals surface area contributed by atoms with Crippen molar-refractivity contribution in [2.24, 2.45) is 0 Å². The van der Waals surface area contributed by atoms with Gasteiger partial charge in [0.1, 0.15) is 11.1 Å². The smallest absolute Gasteiger partial charge is 0.332 e. The van der Waals surface area contributed by atoms with Crippen molar-refractivity contribution in [1.82, 2.24) is 5.32 Å². The summed E-state index contributed by atoms with van der Waals surface area (Å²) in [5, 5.41) is 2.43. The highest BCUT2D eigenvalue weighted by Gasteiger charge is 2.43. The van der Waals surface area contributed by atoms with Crippen molar-refractivity contribution in [3.63, 3.8) is 0 Å². The third-order valence-electron chi connectivity index (χ3n) is 1.72. The summed E-state index contributed by atoms with van der Waals surface area (Å²) in [5.41, 5.74) is -1.38. The molecule has 1 aliphatic rings. The second-order valence-electron chi connectivity index (χ2n) is 4.54. The number of nitrogens with one attached hydrogen (secondary N) is 1. The van der Waals surface area contributed by atoms with Crippen LogP contribution in [0.1, 0.15) is 27.7 Å². The third-order valence-corrected chi connectivity index (χ3v) is 2.81. The first kappa shape index (κ1) is 11.4. The van der Waals surface area contributed by atoms with Crippen molar-refractivity contribution in [2.75, 3.05) is 5.75 Å². The fraction of sp³-hybridized carbons (Fsp3) is 0.778. The summed E-state index contributed by atoms with van der Waals surface area (Å²) >= 11 is 1.11. The first-order valence-electron chi connectivity index (χ1n) is 4.41. The molecule has 0 aromatic carbocycles. The van der Waals surface area contributed by atoms with Gasteiger partial charge in [-0.05, 0) is 27.7 Å². The lowest BCUT2D eigenvalue weighted by molar-refractivity contribution is -0.160. The zero-order valence-corrected chi connectivity index (χ0v) is 9.66. The number of esters is 1. The SMILES string of the molecule is CC(C)(C)OC(=O)[C@@]1(C)CSC(=O)N1. The van der Waals surface area contributed by atoms with Gasteiger partial charge in [-0.15, -0.1) is 0 Å². The van der Waals surface area contributed by atoms with Crippen molar-refractivity contribution in [2.45, 2.75) is 38.8 Å². The molecule has 0 saturated carbocycles. The van der Waals surface area contributed by atoms with E-state index in [0.29, 0.717) is 5.75 Å². The fourth-order valence-electron chi connectivity index (χ4n) is 1.01. The van der Waals surface area contributed by atoms with Crippen LogP contribution in [-0.2, 0) is 9.53 Å². The van der Waals surface area contributed by atoms with Gasteiger partial charge in [0.05, 0.1) is 0 Å². The number of hydrogen-bond acceptors (Lipinski definition) is 4. The van der Waals surface area contributed by atoms with Crippen LogP contribution in [0.2, 0.25) is 0 Å². The number of hydrogen-bond donors (Lipinski definition) is 1. The predicted molar refractivity (Wildman–Crippen MR) is 55.2 cm³/mol. The van der Waals surface area contributed by atoms with Gasteiger partial charge in [0, 0.05) is 5.75 Å². The molecule has 1 heterocycles. The van der Waals surface area contributed by atoms with Crippen LogP contribution in [0, 0.1) is 0 Å². The monoisotopic (exact) mass is 217 g/mol. The van der Waals surface area contributed by atoms with Gasteiger partial charge in [0.2, 0.25) is 0 Å². The van der Waals surface area contributed by atoms with E-state index in [-0.39, 0.29) is 11.2 Å². The van der Waals surface area contributed by atoms with Crippen LogP contribution in [0.15, 0.2) is 0 Å². The fourth-order valence-corrected chi connectivity index (χ4v) is 1.92. The molecule has 80 valence electrons. The maximum Gasteiger partial charge on any atom is 0.332 e. The first-order valence-corrected chi connectivity index (χ1v) is 5.40. The van der Waals surface area contributed by atoms with Gasteiger partial charge in [0.15, 0.2) is 0 Å². The molecule has 1 aliphatic heterocycles. The van der Waals surface area contributed by atoms with Crippen LogP contribution in [0.3, 0.4) is 0 Å². The lowest BCUT2D eigenvalue weighted by Crippen LogP contribution is -2.50. The molecule has 1 amide bonds. The number of carbonyl (C=O) groups excluding carboxylic acids is 2. The van der Waals surface area contributed by atoms with E-state index in [9.17, 15) is 9.59 Å². The van der Waals surface area contributed by atoms with Crippen LogP contribution in [0.5, 0.6) is 0 Å². The van der Waals surface area contributed by atoms with E-state index in [2.05, 4.69) is 5.32 Å². The zero-order valence-electron chi connectivity index (χ0n) is 8.84. The number of rotatable bonds is 1. The lowest BCUT2D eigenvalue weighted by Gasteiger charge is -2.27. The summed E-state index contributed by atoms with van der Waals surface area (Å²) in [6, 6.07) is 0. The highest BCUT2D eigenvalue weighted by Crippen LogP contribution is 2.25. The first-order chi connectivity index (χ1) is 6.23. The lowest BCUT2D eigenvalue weighted by atomic mass is 10.1. The minimum Gasteiger partial charge on any atom is -0.458 e. The topological polar surface area (TPSA) is 55.4 Å². The van der Waals surface area contributed by atoms with Crippen LogP contribution in [0.25, 0.3) is 0 Å². The number of ether oxygens (including phenoxy) is 1. The standard InChI is InChI=1S/C9H15NO3S/c1-8(2,3)13-6(11)9(4)5-14-7(12)10-9/h5H2,1-4H3,(H,10,12)/t9-/m1/s1. The van der Waals surface area contributed by atoms with E-state index in [0.717, 1.165) is 11.8 Å². The highest BCUT2D eigenvalue weighted by atomic mass is 32.2. The molecule has 5 heteroatoms. The Hall–Kier alpha value is -0.710. The van der Waals surface area contributed by atoms with Gasteiger partial charge in [-0.25, -0.2) is 4.79 Å². The number of carbonyl (C=O) groups is 2. The average molecular weight is 217 g/mol. The highest BCUT2D eigenvalue weighted by molar-refractivity contribution is 8.14. The van der Waals surface area contributed by atoms with E-state index < -0.39 is 11.1 Å². The summed E-state index contributed by atoms with van der Waals surface area (Å²) in [7, 11) is 0. The maximum absolute atomic E-state index is 11.7. The molecule has 0 bridgehead atoms. The van der Waals surface area contributed by atoms with E-state index >= 15 is 0 Å². The molecule has 4 nitrogen and oxygen atoms in total. The molecular weight excluding hydrogens is 202 g/mol. The summed E-state index contributed by atoms with van der Waals surface area (Å²) in [5.74, 6) is 0.0594. The Morgan fingerprint density at radius 1 is 1.57 bits per heavy atom. The van der Waals surface area contributed by atoms with E-state index in [1.165, 1.54) is 0 Å². The van der Waals surface area contributed by atoms with E-state index in [1.807, 2.05) is 0 Å². The molecule has 0 spiro atoms. The average Bonchev–Trinajstić information content (AvgIpc) is 2.29. The molecule has 0 radical (unpaired) electrons. The Balaban J connectivity index is 2.65. The predicted octanol–water partition coefficient (Wildman–Crippen LogP) is 1.54. The maximum atomic E-state index is 11.7. The molecule has 1 rings (SSSR count). The molecule has 1 saturated heterocycles. The van der Waals surface area contributed by atoms with Crippen molar-refractivity contribution in [3.05, 3.63) is 0 Å². The Morgan fingerprint density at radius 3 is 2.50 bits per heavy atom. The summed E-state index contributed by atoms with van der Waals surface area (Å²) in [6.07, 6.45) is 0. The van der Waals surface area contributed by atoms with Gasteiger partial charge in [-0.1, -0.05) is 11.8 Å². The Bertz CT molecular complexity index is 272. The van der Waals surface area contributed by atoms with Gasteiger partial charge in [0.25, 0.3) is 5.24 Å². The van der Waals surface area contributed by atoms with Crippen molar-refractivity contribution >= 4 is 23.0 Å². The largest absolute Gasteiger partial charge is 0.458 e. The van der Waals surface area contributed by atoms with Crippen LogP contribution in [-0.4, -0.2) is 28.1 Å². The molecule has 14 heavy (non-hydrogen) atoms. The molecule has 1 atom stereocenters. The Morgan fingerprint density at radius 2 is 2.14 bits per heavy atom. The summed E-state index contributed by atoms with van der Waals surface area (Å²) < 4.78 is 5.21. The van der Waals surface area contributed by atoms with Crippen molar-refractivity contribution in [1.29, 1.82) is 0 Å². The van der Waals surface area contributed by atoms with E-state index in [4.69, 9.17) is 4.74 Å². The van der Waals surface area contributed by atoms with Crippen LogP contribution >= 0.6 is 11.8 Å². The Kier molecular flexibility index (Phi) is 2.81. The van der Waals surface area contributed by atoms with Crippen LogP contribution < -0.4 is 5.32 Å². The van der Waals surface area contributed by atoms with Gasteiger partial charge < -0.3 is 10.1 Å². The normalized spacial score (nSPS) is 27.3. The van der Waals surface area contributed by atoms with Gasteiger partial charge in [-0.3, -0.25) is 4.79 Å².